The van der Waals surface area contributed by atoms with Crippen LogP contribution in [-0.2, 0) is 29.0 Å². The summed E-state index contributed by atoms with van der Waals surface area (Å²) in [6.45, 7) is 0.0315. The second kappa shape index (κ2) is 13.4. The molecule has 0 bridgehead atoms. The van der Waals surface area contributed by atoms with Crippen molar-refractivity contribution in [2.24, 2.45) is 10.7 Å². The molecule has 2 amide bonds. The van der Waals surface area contributed by atoms with Crippen LogP contribution in [0.5, 0.6) is 11.5 Å². The smallest absolute Gasteiger partial charge is 0.253 e. The second-order valence-electron chi connectivity index (χ2n) is 8.29. The van der Waals surface area contributed by atoms with E-state index in [0.29, 0.717) is 22.6 Å². The fraction of sp³-hybridized carbons (Fsp3) is 0.214. The van der Waals surface area contributed by atoms with E-state index in [1.165, 1.54) is 26.4 Å². The maximum absolute atomic E-state index is 13.9. The molecule has 0 spiro atoms. The lowest BCUT2D eigenvalue weighted by molar-refractivity contribution is -0.123. The summed E-state index contributed by atoms with van der Waals surface area (Å²) in [5.74, 6) is -0.807. The van der Waals surface area contributed by atoms with E-state index in [1.54, 1.807) is 30.3 Å². The van der Waals surface area contributed by atoms with E-state index in [4.69, 9.17) is 20.5 Å². The molecular weight excluding hydrogens is 489 g/mol. The number of carbonyl (C=O) groups is 2. The van der Waals surface area contributed by atoms with Crippen molar-refractivity contribution in [2.75, 3.05) is 14.2 Å². The highest BCUT2D eigenvalue weighted by Gasteiger charge is 2.20. The van der Waals surface area contributed by atoms with Gasteiger partial charge in [-0.25, -0.2) is 4.39 Å². The van der Waals surface area contributed by atoms with E-state index < -0.39 is 23.7 Å². The van der Waals surface area contributed by atoms with Crippen molar-refractivity contribution >= 4 is 17.8 Å². The number of ether oxygens (including phenoxy) is 2. The van der Waals surface area contributed by atoms with Crippen LogP contribution in [0.1, 0.15) is 22.3 Å². The molecule has 38 heavy (non-hydrogen) atoms. The van der Waals surface area contributed by atoms with Crippen molar-refractivity contribution in [3.05, 3.63) is 94.8 Å². The standard InChI is InChI=1S/C28H28FN5O4/c1-37-24-11-9-19(14-25(24)38-2)15-26(35)34-28(31)33-23(13-18-6-4-3-5-7-18)27(36)32-17-20-8-10-21(16-30)22(29)12-20/h3-12,14,23H,13,15,17H2,1-2H3,(H,32,36)(H3,31,33,34,35). The summed E-state index contributed by atoms with van der Waals surface area (Å²) in [5.41, 5.74) is 7.91. The average Bonchev–Trinajstić information content (AvgIpc) is 2.91. The summed E-state index contributed by atoms with van der Waals surface area (Å²) in [4.78, 5) is 29.5. The van der Waals surface area contributed by atoms with Gasteiger partial charge < -0.3 is 25.8 Å². The first-order chi connectivity index (χ1) is 18.3. The van der Waals surface area contributed by atoms with Crippen LogP contribution in [-0.4, -0.2) is 38.0 Å². The molecule has 0 saturated carbocycles. The second-order valence-corrected chi connectivity index (χ2v) is 8.29. The average molecular weight is 518 g/mol. The van der Waals surface area contributed by atoms with Gasteiger partial charge in [-0.15, -0.1) is 0 Å². The normalized spacial score (nSPS) is 11.7. The predicted molar refractivity (Wildman–Crippen MR) is 140 cm³/mol. The molecule has 0 radical (unpaired) electrons. The number of rotatable bonds is 10. The van der Waals surface area contributed by atoms with Crippen LogP contribution in [0.3, 0.4) is 0 Å². The van der Waals surface area contributed by atoms with Gasteiger partial charge >= 0.3 is 0 Å². The molecule has 3 rings (SSSR count). The zero-order valence-electron chi connectivity index (χ0n) is 21.0. The first-order valence-corrected chi connectivity index (χ1v) is 11.7. The Hall–Kier alpha value is -4.91. The van der Waals surface area contributed by atoms with Crippen molar-refractivity contribution in [1.29, 1.82) is 5.26 Å². The van der Waals surface area contributed by atoms with Gasteiger partial charge in [-0.3, -0.25) is 9.59 Å². The van der Waals surface area contributed by atoms with Gasteiger partial charge in [-0.2, -0.15) is 10.3 Å². The topological polar surface area (TPSA) is 139 Å². The molecule has 4 N–H and O–H groups in total. The minimum absolute atomic E-state index is 0.0315. The number of nitriles is 1. The van der Waals surface area contributed by atoms with Gasteiger partial charge in [0.1, 0.15) is 17.9 Å². The molecule has 0 heterocycles. The van der Waals surface area contributed by atoms with Crippen LogP contribution < -0.4 is 25.8 Å². The summed E-state index contributed by atoms with van der Waals surface area (Å²) in [6.07, 6.45) is 0.219. The Balaban J connectivity index is 1.70. The zero-order chi connectivity index (χ0) is 27.5. The molecule has 0 fully saturated rings. The highest BCUT2D eigenvalue weighted by Crippen LogP contribution is 2.27. The lowest BCUT2D eigenvalue weighted by Gasteiger charge is -2.19. The Morgan fingerprint density at radius 1 is 1.00 bits per heavy atom. The number of methoxy groups -OCH3 is 2. The summed E-state index contributed by atoms with van der Waals surface area (Å²) in [5, 5.41) is 14.4. The number of nitrogens with two attached hydrogens (primary N) is 1. The Labute approximate surface area is 220 Å². The molecule has 9 nitrogen and oxygen atoms in total. The van der Waals surface area contributed by atoms with Gasteiger partial charge in [0, 0.05) is 13.0 Å². The number of aliphatic imine (C=N–C) groups is 1. The van der Waals surface area contributed by atoms with Gasteiger partial charge in [0.15, 0.2) is 17.5 Å². The van der Waals surface area contributed by atoms with Gasteiger partial charge in [-0.1, -0.05) is 42.5 Å². The predicted octanol–water partition coefficient (Wildman–Crippen LogP) is 2.62. The molecule has 1 unspecified atom stereocenters. The minimum atomic E-state index is -0.863. The lowest BCUT2D eigenvalue weighted by atomic mass is 10.1. The van der Waals surface area contributed by atoms with Crippen LogP contribution in [0.4, 0.5) is 4.39 Å². The quantitative estimate of drug-likeness (QED) is 0.278. The fourth-order valence-electron chi connectivity index (χ4n) is 3.68. The van der Waals surface area contributed by atoms with Crippen molar-refractivity contribution in [3.8, 4) is 17.6 Å². The van der Waals surface area contributed by atoms with E-state index in [0.717, 1.165) is 5.56 Å². The number of guanidine groups is 1. The summed E-state index contributed by atoms with van der Waals surface area (Å²) in [7, 11) is 3.02. The van der Waals surface area contributed by atoms with Crippen molar-refractivity contribution in [1.82, 2.24) is 10.6 Å². The number of benzene rings is 3. The third kappa shape index (κ3) is 7.80. The molecule has 1 atom stereocenters. The molecule has 0 aliphatic heterocycles. The van der Waals surface area contributed by atoms with Crippen molar-refractivity contribution in [3.63, 3.8) is 0 Å². The van der Waals surface area contributed by atoms with Gasteiger partial charge in [-0.05, 0) is 41.0 Å². The highest BCUT2D eigenvalue weighted by atomic mass is 19.1. The molecule has 0 saturated heterocycles. The van der Waals surface area contributed by atoms with Crippen LogP contribution in [0.2, 0.25) is 0 Å². The maximum Gasteiger partial charge on any atom is 0.253 e. The summed E-state index contributed by atoms with van der Waals surface area (Å²) in [6, 6.07) is 19.3. The van der Waals surface area contributed by atoms with E-state index in [9.17, 15) is 14.0 Å². The number of nitrogens with zero attached hydrogens (tertiary/aromatic N) is 2. The molecule has 0 aromatic heterocycles. The number of carbonyl (C=O) groups excluding carboxylic acids is 2. The molecule has 3 aromatic rings. The number of nitrogens with one attached hydrogen (secondary N) is 2. The maximum atomic E-state index is 13.9. The monoisotopic (exact) mass is 517 g/mol. The Morgan fingerprint density at radius 2 is 1.71 bits per heavy atom. The molecular formula is C28H28FN5O4. The Bertz CT molecular complexity index is 1360. The largest absolute Gasteiger partial charge is 0.493 e. The summed E-state index contributed by atoms with van der Waals surface area (Å²) < 4.78 is 24.4. The number of amides is 2. The number of hydrogen-bond acceptors (Lipinski definition) is 5. The van der Waals surface area contributed by atoms with Crippen LogP contribution in [0.25, 0.3) is 0 Å². The van der Waals surface area contributed by atoms with E-state index in [2.05, 4.69) is 15.6 Å². The third-order valence-electron chi connectivity index (χ3n) is 5.59. The van der Waals surface area contributed by atoms with Crippen LogP contribution >= 0.6 is 0 Å². The Kier molecular flexibility index (Phi) is 9.77. The molecule has 3 aromatic carbocycles. The fourth-order valence-corrected chi connectivity index (χ4v) is 3.68. The van der Waals surface area contributed by atoms with Crippen LogP contribution in [0, 0.1) is 17.1 Å². The summed E-state index contributed by atoms with van der Waals surface area (Å²) >= 11 is 0. The molecule has 0 aliphatic carbocycles. The minimum Gasteiger partial charge on any atom is -0.493 e. The van der Waals surface area contributed by atoms with Gasteiger partial charge in [0.25, 0.3) is 5.91 Å². The van der Waals surface area contributed by atoms with E-state index in [-0.39, 0.29) is 30.9 Å². The lowest BCUT2D eigenvalue weighted by Crippen LogP contribution is -2.50. The number of hydrogen-bond donors (Lipinski definition) is 3. The van der Waals surface area contributed by atoms with Gasteiger partial charge in [0.05, 0.1) is 26.2 Å². The van der Waals surface area contributed by atoms with Crippen molar-refractivity contribution < 1.29 is 23.5 Å². The van der Waals surface area contributed by atoms with E-state index in [1.807, 2.05) is 30.3 Å². The first-order valence-electron chi connectivity index (χ1n) is 11.7. The molecule has 196 valence electrons. The van der Waals surface area contributed by atoms with Gasteiger partial charge in [0.2, 0.25) is 5.91 Å². The highest BCUT2D eigenvalue weighted by molar-refractivity contribution is 5.95. The number of halogens is 1. The molecule has 10 heteroatoms. The van der Waals surface area contributed by atoms with E-state index >= 15 is 0 Å². The SMILES string of the molecule is COc1ccc(CC(=O)N=C(N)NC(Cc2ccccc2)C(=O)NCc2ccc(C#N)c(F)c2)cc1OC. The molecule has 0 aliphatic rings. The van der Waals surface area contributed by atoms with Crippen LogP contribution in [0.15, 0.2) is 71.7 Å². The Morgan fingerprint density at radius 3 is 2.37 bits per heavy atom. The first kappa shape index (κ1) is 27.7. The third-order valence-corrected chi connectivity index (χ3v) is 5.59. The van der Waals surface area contributed by atoms with Crippen molar-refractivity contribution in [2.45, 2.75) is 25.4 Å². The zero-order valence-corrected chi connectivity index (χ0v) is 21.0.